The lowest BCUT2D eigenvalue weighted by Gasteiger charge is -2.29. The standard InChI is InChI=1S/C14H19NO5S/c1-10-3-4-11(14(17)20-2)9-13(10)21(18,19)15-7-5-12(16)6-8-15/h3-4,9,12,16H,5-8H2,1-2H3. The number of aliphatic hydroxyl groups excluding tert-OH is 1. The minimum Gasteiger partial charge on any atom is -0.465 e. The molecule has 0 saturated carbocycles. The zero-order chi connectivity index (χ0) is 15.6. The second-order valence-corrected chi connectivity index (χ2v) is 7.01. The van der Waals surface area contributed by atoms with Crippen LogP contribution in [0.3, 0.4) is 0 Å². The summed E-state index contributed by atoms with van der Waals surface area (Å²) in [4.78, 5) is 11.7. The number of esters is 1. The van der Waals surface area contributed by atoms with Crippen molar-refractivity contribution in [2.75, 3.05) is 20.2 Å². The van der Waals surface area contributed by atoms with Crippen molar-refractivity contribution >= 4 is 16.0 Å². The molecule has 1 saturated heterocycles. The fourth-order valence-corrected chi connectivity index (χ4v) is 4.06. The first-order valence-corrected chi connectivity index (χ1v) is 8.17. The number of carbonyl (C=O) groups excluding carboxylic acids is 1. The van der Waals surface area contributed by atoms with Crippen LogP contribution < -0.4 is 0 Å². The third-order valence-electron chi connectivity index (χ3n) is 3.65. The number of nitrogens with zero attached hydrogens (tertiary/aromatic N) is 1. The van der Waals surface area contributed by atoms with E-state index in [1.165, 1.54) is 17.5 Å². The molecule has 1 heterocycles. The topological polar surface area (TPSA) is 83.9 Å². The van der Waals surface area contributed by atoms with Crippen LogP contribution in [-0.4, -0.2) is 50.1 Å². The highest BCUT2D eigenvalue weighted by molar-refractivity contribution is 7.89. The molecule has 0 unspecified atom stereocenters. The van der Waals surface area contributed by atoms with E-state index in [1.807, 2.05) is 0 Å². The maximum atomic E-state index is 12.7. The van der Waals surface area contributed by atoms with Crippen LogP contribution in [0.4, 0.5) is 0 Å². The van der Waals surface area contributed by atoms with Gasteiger partial charge in [0.15, 0.2) is 0 Å². The van der Waals surface area contributed by atoms with Gasteiger partial charge in [0, 0.05) is 13.1 Å². The summed E-state index contributed by atoms with van der Waals surface area (Å²) in [6.45, 7) is 2.25. The molecule has 0 bridgehead atoms. The van der Waals surface area contributed by atoms with Crippen LogP contribution in [-0.2, 0) is 14.8 Å². The van der Waals surface area contributed by atoms with Gasteiger partial charge in [-0.3, -0.25) is 0 Å². The SMILES string of the molecule is COC(=O)c1ccc(C)c(S(=O)(=O)N2CCC(O)CC2)c1. The van der Waals surface area contributed by atoms with Crippen molar-refractivity contribution in [3.8, 4) is 0 Å². The highest BCUT2D eigenvalue weighted by atomic mass is 32.2. The number of hydrogen-bond acceptors (Lipinski definition) is 5. The van der Waals surface area contributed by atoms with Gasteiger partial charge < -0.3 is 9.84 Å². The Balaban J connectivity index is 2.37. The summed E-state index contributed by atoms with van der Waals surface area (Å²) in [6, 6.07) is 4.49. The molecule has 0 amide bonds. The highest BCUT2D eigenvalue weighted by Crippen LogP contribution is 2.24. The zero-order valence-electron chi connectivity index (χ0n) is 12.1. The lowest BCUT2D eigenvalue weighted by atomic mass is 10.1. The molecule has 1 aliphatic rings. The quantitative estimate of drug-likeness (QED) is 0.839. The summed E-state index contributed by atoms with van der Waals surface area (Å²) < 4.78 is 31.3. The van der Waals surface area contributed by atoms with Gasteiger partial charge in [-0.2, -0.15) is 4.31 Å². The predicted octanol–water partition coefficient (Wildman–Crippen LogP) is 0.927. The molecule has 21 heavy (non-hydrogen) atoms. The third-order valence-corrected chi connectivity index (χ3v) is 5.69. The monoisotopic (exact) mass is 313 g/mol. The number of carbonyl (C=O) groups is 1. The van der Waals surface area contributed by atoms with Crippen molar-refractivity contribution in [3.05, 3.63) is 29.3 Å². The molecule has 0 radical (unpaired) electrons. The largest absolute Gasteiger partial charge is 0.465 e. The van der Waals surface area contributed by atoms with E-state index >= 15 is 0 Å². The summed E-state index contributed by atoms with van der Waals surface area (Å²) in [6.07, 6.45) is 0.406. The number of hydrogen-bond donors (Lipinski definition) is 1. The van der Waals surface area contributed by atoms with Crippen LogP contribution in [0.2, 0.25) is 0 Å². The molecule has 2 rings (SSSR count). The van der Waals surface area contributed by atoms with Crippen molar-refractivity contribution in [2.45, 2.75) is 30.8 Å². The maximum Gasteiger partial charge on any atom is 0.337 e. The van der Waals surface area contributed by atoms with Gasteiger partial charge in [0.25, 0.3) is 0 Å². The Morgan fingerprint density at radius 1 is 1.33 bits per heavy atom. The Morgan fingerprint density at radius 2 is 1.95 bits per heavy atom. The predicted molar refractivity (Wildman–Crippen MR) is 76.5 cm³/mol. The Bertz CT molecular complexity index is 633. The van der Waals surface area contributed by atoms with Gasteiger partial charge >= 0.3 is 5.97 Å². The number of aryl methyl sites for hydroxylation is 1. The van der Waals surface area contributed by atoms with Gasteiger partial charge in [-0.15, -0.1) is 0 Å². The van der Waals surface area contributed by atoms with Crippen LogP contribution in [0.15, 0.2) is 23.1 Å². The fraction of sp³-hybridized carbons (Fsp3) is 0.500. The molecule has 1 aliphatic heterocycles. The van der Waals surface area contributed by atoms with Crippen LogP contribution >= 0.6 is 0 Å². The van der Waals surface area contributed by atoms with Gasteiger partial charge in [0.05, 0.1) is 23.7 Å². The number of sulfonamides is 1. The van der Waals surface area contributed by atoms with E-state index in [4.69, 9.17) is 0 Å². The van der Waals surface area contributed by atoms with E-state index < -0.39 is 22.1 Å². The summed E-state index contributed by atoms with van der Waals surface area (Å²) in [7, 11) is -2.41. The molecule has 0 aromatic heterocycles. The van der Waals surface area contributed by atoms with Gasteiger partial charge in [-0.1, -0.05) is 6.07 Å². The second kappa shape index (κ2) is 6.13. The van der Waals surface area contributed by atoms with Crippen molar-refractivity contribution in [1.29, 1.82) is 0 Å². The molecule has 1 fully saturated rings. The Morgan fingerprint density at radius 3 is 2.52 bits per heavy atom. The Labute approximate surface area is 124 Å². The van der Waals surface area contributed by atoms with Gasteiger partial charge in [0.2, 0.25) is 10.0 Å². The van der Waals surface area contributed by atoms with E-state index in [2.05, 4.69) is 4.74 Å². The Kier molecular flexibility index (Phi) is 4.65. The first kappa shape index (κ1) is 15.9. The van der Waals surface area contributed by atoms with Gasteiger partial charge in [-0.05, 0) is 37.5 Å². The van der Waals surface area contributed by atoms with Gasteiger partial charge in [0.1, 0.15) is 0 Å². The number of benzene rings is 1. The first-order chi connectivity index (χ1) is 9.86. The Hall–Kier alpha value is -1.44. The first-order valence-electron chi connectivity index (χ1n) is 6.73. The summed E-state index contributed by atoms with van der Waals surface area (Å²) in [5, 5.41) is 9.48. The smallest absolute Gasteiger partial charge is 0.337 e. The average molecular weight is 313 g/mol. The summed E-state index contributed by atoms with van der Waals surface area (Å²) in [5.41, 5.74) is 0.785. The molecule has 0 spiro atoms. The molecule has 0 atom stereocenters. The minimum atomic E-state index is -3.67. The maximum absolute atomic E-state index is 12.7. The van der Waals surface area contributed by atoms with E-state index in [0.717, 1.165) is 0 Å². The summed E-state index contributed by atoms with van der Waals surface area (Å²) >= 11 is 0. The van der Waals surface area contributed by atoms with Crippen LogP contribution in [0, 0.1) is 6.92 Å². The fourth-order valence-electron chi connectivity index (χ4n) is 2.34. The van der Waals surface area contributed by atoms with Gasteiger partial charge in [-0.25, -0.2) is 13.2 Å². The molecule has 1 aromatic carbocycles. The molecule has 1 N–H and O–H groups in total. The molecular formula is C14H19NO5S. The zero-order valence-corrected chi connectivity index (χ0v) is 12.9. The molecule has 0 aliphatic carbocycles. The molecule has 116 valence electrons. The normalized spacial score (nSPS) is 17.7. The molecule has 1 aromatic rings. The number of rotatable bonds is 3. The van der Waals surface area contributed by atoms with Crippen molar-refractivity contribution < 1.29 is 23.1 Å². The highest BCUT2D eigenvalue weighted by Gasteiger charge is 2.30. The minimum absolute atomic E-state index is 0.113. The number of methoxy groups -OCH3 is 1. The summed E-state index contributed by atoms with van der Waals surface area (Å²) in [5.74, 6) is -0.569. The molecular weight excluding hydrogens is 294 g/mol. The van der Waals surface area contributed by atoms with E-state index in [1.54, 1.807) is 19.1 Å². The second-order valence-electron chi connectivity index (χ2n) is 5.11. The van der Waals surface area contributed by atoms with E-state index in [0.29, 0.717) is 18.4 Å². The van der Waals surface area contributed by atoms with Crippen molar-refractivity contribution in [1.82, 2.24) is 4.31 Å². The lowest BCUT2D eigenvalue weighted by molar-refractivity contribution is 0.0600. The van der Waals surface area contributed by atoms with E-state index in [9.17, 15) is 18.3 Å². The van der Waals surface area contributed by atoms with Crippen LogP contribution in [0.25, 0.3) is 0 Å². The average Bonchev–Trinajstić information content (AvgIpc) is 2.47. The number of piperidine rings is 1. The van der Waals surface area contributed by atoms with Crippen molar-refractivity contribution in [2.24, 2.45) is 0 Å². The third kappa shape index (κ3) is 3.25. The van der Waals surface area contributed by atoms with Crippen molar-refractivity contribution in [3.63, 3.8) is 0 Å². The van der Waals surface area contributed by atoms with Crippen LogP contribution in [0.1, 0.15) is 28.8 Å². The van der Waals surface area contributed by atoms with E-state index in [-0.39, 0.29) is 23.5 Å². The van der Waals surface area contributed by atoms with Crippen LogP contribution in [0.5, 0.6) is 0 Å². The molecule has 7 heteroatoms. The number of ether oxygens (including phenoxy) is 1. The molecule has 6 nitrogen and oxygen atoms in total. The lowest BCUT2D eigenvalue weighted by Crippen LogP contribution is -2.40. The number of aliphatic hydroxyl groups is 1.